The topological polar surface area (TPSA) is 73.6 Å². The van der Waals surface area contributed by atoms with E-state index in [9.17, 15) is 4.79 Å². The van der Waals surface area contributed by atoms with Crippen LogP contribution in [0.25, 0.3) is 0 Å². The van der Waals surface area contributed by atoms with Gasteiger partial charge in [-0.2, -0.15) is 5.26 Å². The minimum atomic E-state index is -0.714. The number of para-hydroxylation sites is 1. The Labute approximate surface area is 113 Å². The van der Waals surface area contributed by atoms with Crippen LogP contribution in [0.3, 0.4) is 0 Å². The molecule has 0 aliphatic carbocycles. The molecule has 2 unspecified atom stereocenters. The van der Waals surface area contributed by atoms with Crippen LogP contribution in [0.1, 0.15) is 19.4 Å². The average molecular weight is 262 g/mol. The maximum absolute atomic E-state index is 12.1. The van der Waals surface area contributed by atoms with Gasteiger partial charge in [0.25, 0.3) is 5.91 Å². The fraction of sp³-hybridized carbons (Fsp3) is 0.429. The SMILES string of the molecule is CC(Oc1ccccc1C#N)C(=O)N(C)C(C)CO. The lowest BCUT2D eigenvalue weighted by Gasteiger charge is -2.26. The van der Waals surface area contributed by atoms with Gasteiger partial charge in [0.1, 0.15) is 11.8 Å². The lowest BCUT2D eigenvalue weighted by atomic mass is 10.2. The molecular weight excluding hydrogens is 244 g/mol. The van der Waals surface area contributed by atoms with E-state index < -0.39 is 6.10 Å². The molecule has 1 aromatic rings. The standard InChI is InChI=1S/C14H18N2O3/c1-10(9-17)16(3)14(18)11(2)19-13-7-5-4-6-12(13)8-15/h4-7,10-11,17H,9H2,1-3H3. The van der Waals surface area contributed by atoms with Crippen molar-refractivity contribution in [2.24, 2.45) is 0 Å². The number of amides is 1. The van der Waals surface area contributed by atoms with Gasteiger partial charge in [-0.15, -0.1) is 0 Å². The van der Waals surface area contributed by atoms with Crippen LogP contribution in [0.5, 0.6) is 5.75 Å². The van der Waals surface area contributed by atoms with E-state index in [4.69, 9.17) is 15.1 Å². The summed E-state index contributed by atoms with van der Waals surface area (Å²) in [4.78, 5) is 13.5. The summed E-state index contributed by atoms with van der Waals surface area (Å²) in [5.41, 5.74) is 0.389. The maximum atomic E-state index is 12.1. The van der Waals surface area contributed by atoms with Crippen molar-refractivity contribution in [3.63, 3.8) is 0 Å². The Balaban J connectivity index is 2.77. The third-order valence-electron chi connectivity index (χ3n) is 2.93. The first-order valence-corrected chi connectivity index (χ1v) is 6.04. The number of aliphatic hydroxyl groups excluding tert-OH is 1. The summed E-state index contributed by atoms with van der Waals surface area (Å²) in [5.74, 6) is 0.144. The first-order valence-electron chi connectivity index (χ1n) is 6.04. The number of nitrogens with zero attached hydrogens (tertiary/aromatic N) is 2. The monoisotopic (exact) mass is 262 g/mol. The molecule has 5 heteroatoms. The lowest BCUT2D eigenvalue weighted by Crippen LogP contribution is -2.44. The quantitative estimate of drug-likeness (QED) is 0.864. The molecule has 0 saturated carbocycles. The smallest absolute Gasteiger partial charge is 0.263 e. The normalized spacial score (nSPS) is 13.2. The predicted molar refractivity (Wildman–Crippen MR) is 70.6 cm³/mol. The molecule has 0 bridgehead atoms. The summed E-state index contributed by atoms with van der Waals surface area (Å²) >= 11 is 0. The number of nitriles is 1. The summed E-state index contributed by atoms with van der Waals surface area (Å²) in [6.07, 6.45) is -0.714. The van der Waals surface area contributed by atoms with Crippen LogP contribution in [0, 0.1) is 11.3 Å². The maximum Gasteiger partial charge on any atom is 0.263 e. The van der Waals surface area contributed by atoms with Gasteiger partial charge in [-0.3, -0.25) is 4.79 Å². The zero-order valence-corrected chi connectivity index (χ0v) is 11.3. The van der Waals surface area contributed by atoms with Crippen LogP contribution < -0.4 is 4.74 Å². The van der Waals surface area contributed by atoms with Crippen molar-refractivity contribution in [1.29, 1.82) is 5.26 Å². The highest BCUT2D eigenvalue weighted by molar-refractivity contribution is 5.81. The Hall–Kier alpha value is -2.06. The number of carbonyl (C=O) groups excluding carboxylic acids is 1. The van der Waals surface area contributed by atoms with E-state index in [-0.39, 0.29) is 18.6 Å². The van der Waals surface area contributed by atoms with Gasteiger partial charge in [-0.25, -0.2) is 0 Å². The number of benzene rings is 1. The van der Waals surface area contributed by atoms with Crippen LogP contribution in [-0.4, -0.2) is 41.7 Å². The summed E-state index contributed by atoms with van der Waals surface area (Å²) in [6.45, 7) is 3.26. The molecule has 0 aliphatic heterocycles. The Morgan fingerprint density at radius 1 is 1.47 bits per heavy atom. The molecule has 0 aliphatic rings. The van der Waals surface area contributed by atoms with E-state index in [2.05, 4.69) is 0 Å². The molecule has 1 N–H and O–H groups in total. The van der Waals surface area contributed by atoms with E-state index in [1.165, 1.54) is 4.90 Å². The van der Waals surface area contributed by atoms with Crippen LogP contribution >= 0.6 is 0 Å². The summed E-state index contributed by atoms with van der Waals surface area (Å²) in [6, 6.07) is 8.50. The summed E-state index contributed by atoms with van der Waals surface area (Å²) in [5, 5.41) is 18.0. The molecule has 0 radical (unpaired) electrons. The van der Waals surface area contributed by atoms with Gasteiger partial charge in [0.05, 0.1) is 18.2 Å². The lowest BCUT2D eigenvalue weighted by molar-refractivity contribution is -0.139. The third-order valence-corrected chi connectivity index (χ3v) is 2.93. The Morgan fingerprint density at radius 2 is 2.11 bits per heavy atom. The molecule has 1 rings (SSSR count). The van der Waals surface area contributed by atoms with Crippen LogP contribution in [0.4, 0.5) is 0 Å². The van der Waals surface area contributed by atoms with Gasteiger partial charge in [0.2, 0.25) is 0 Å². The molecule has 1 aromatic carbocycles. The molecule has 0 spiro atoms. The molecule has 0 saturated heterocycles. The third kappa shape index (κ3) is 3.70. The summed E-state index contributed by atoms with van der Waals surface area (Å²) in [7, 11) is 1.61. The fourth-order valence-electron chi connectivity index (χ4n) is 1.53. The number of hydrogen-bond acceptors (Lipinski definition) is 4. The molecule has 2 atom stereocenters. The van der Waals surface area contributed by atoms with Crippen molar-refractivity contribution in [1.82, 2.24) is 4.90 Å². The van der Waals surface area contributed by atoms with Crippen LogP contribution in [0.15, 0.2) is 24.3 Å². The molecular formula is C14H18N2O3. The van der Waals surface area contributed by atoms with Crippen molar-refractivity contribution in [3.05, 3.63) is 29.8 Å². The largest absolute Gasteiger partial charge is 0.480 e. The van der Waals surface area contributed by atoms with Gasteiger partial charge < -0.3 is 14.7 Å². The molecule has 5 nitrogen and oxygen atoms in total. The van der Waals surface area contributed by atoms with Crippen molar-refractivity contribution in [3.8, 4) is 11.8 Å². The van der Waals surface area contributed by atoms with Crippen molar-refractivity contribution in [2.45, 2.75) is 26.0 Å². The first-order chi connectivity index (χ1) is 9.01. The molecule has 0 heterocycles. The zero-order chi connectivity index (χ0) is 14.4. The van der Waals surface area contributed by atoms with Crippen molar-refractivity contribution in [2.75, 3.05) is 13.7 Å². The van der Waals surface area contributed by atoms with E-state index >= 15 is 0 Å². The first kappa shape index (κ1) is 15.0. The summed E-state index contributed by atoms with van der Waals surface area (Å²) < 4.78 is 5.52. The number of hydrogen-bond donors (Lipinski definition) is 1. The van der Waals surface area contributed by atoms with Gasteiger partial charge in [0.15, 0.2) is 6.10 Å². The highest BCUT2D eigenvalue weighted by Gasteiger charge is 2.23. The van der Waals surface area contributed by atoms with E-state index in [1.54, 1.807) is 45.2 Å². The Bertz CT molecular complexity index is 482. The van der Waals surface area contributed by atoms with Gasteiger partial charge >= 0.3 is 0 Å². The number of aliphatic hydroxyl groups is 1. The van der Waals surface area contributed by atoms with Crippen LogP contribution in [-0.2, 0) is 4.79 Å². The zero-order valence-electron chi connectivity index (χ0n) is 11.3. The second-order valence-corrected chi connectivity index (χ2v) is 4.35. The van der Waals surface area contributed by atoms with E-state index in [0.717, 1.165) is 0 Å². The second-order valence-electron chi connectivity index (χ2n) is 4.35. The van der Waals surface area contributed by atoms with E-state index in [1.807, 2.05) is 6.07 Å². The predicted octanol–water partition coefficient (Wildman–Crippen LogP) is 1.16. The van der Waals surface area contributed by atoms with Crippen molar-refractivity contribution >= 4 is 5.91 Å². The average Bonchev–Trinajstić information content (AvgIpc) is 2.45. The molecule has 1 amide bonds. The molecule has 0 aromatic heterocycles. The highest BCUT2D eigenvalue weighted by atomic mass is 16.5. The second kappa shape index (κ2) is 6.76. The van der Waals surface area contributed by atoms with Crippen LogP contribution in [0.2, 0.25) is 0 Å². The number of likely N-dealkylation sites (N-methyl/N-ethyl adjacent to an activating group) is 1. The Kier molecular flexibility index (Phi) is 5.34. The fourth-order valence-corrected chi connectivity index (χ4v) is 1.53. The number of ether oxygens (including phenoxy) is 1. The minimum Gasteiger partial charge on any atom is -0.480 e. The van der Waals surface area contributed by atoms with Gasteiger partial charge in [-0.05, 0) is 26.0 Å². The van der Waals surface area contributed by atoms with Gasteiger partial charge in [0, 0.05) is 7.05 Å². The molecule has 19 heavy (non-hydrogen) atoms. The van der Waals surface area contributed by atoms with Crippen molar-refractivity contribution < 1.29 is 14.6 Å². The van der Waals surface area contributed by atoms with E-state index in [0.29, 0.717) is 11.3 Å². The minimum absolute atomic E-state index is 0.107. The number of carbonyl (C=O) groups is 1. The number of rotatable bonds is 5. The Morgan fingerprint density at radius 3 is 2.68 bits per heavy atom. The molecule has 102 valence electrons. The molecule has 0 fully saturated rings. The highest BCUT2D eigenvalue weighted by Crippen LogP contribution is 2.18. The van der Waals surface area contributed by atoms with Gasteiger partial charge in [-0.1, -0.05) is 12.1 Å².